The first kappa shape index (κ1) is 16.0. The average Bonchev–Trinajstić information content (AvgIpc) is 2.97. The van der Waals surface area contributed by atoms with Crippen molar-refractivity contribution >= 4 is 50.3 Å². The van der Waals surface area contributed by atoms with Gasteiger partial charge >= 0.3 is 0 Å². The molecule has 112 valence electrons. The Kier molecular flexibility index (Phi) is 5.54. The lowest BCUT2D eigenvalue weighted by molar-refractivity contribution is 0.420. The molecular formula is C16H12BrIN2OS. The van der Waals surface area contributed by atoms with Gasteiger partial charge in [-0.1, -0.05) is 52.0 Å². The highest BCUT2D eigenvalue weighted by Gasteiger charge is 2.08. The first-order valence-corrected chi connectivity index (χ1v) is 9.49. The Morgan fingerprint density at radius 2 is 1.64 bits per heavy atom. The van der Waals surface area contributed by atoms with Crippen LogP contribution in [0, 0.1) is 3.57 Å². The van der Waals surface area contributed by atoms with Crippen LogP contribution in [0.4, 0.5) is 0 Å². The Morgan fingerprint density at radius 1 is 0.955 bits per heavy atom. The van der Waals surface area contributed by atoms with Crippen molar-refractivity contribution in [1.82, 2.24) is 10.2 Å². The molecule has 0 unspecified atom stereocenters. The van der Waals surface area contributed by atoms with E-state index in [4.69, 9.17) is 4.42 Å². The quantitative estimate of drug-likeness (QED) is 0.361. The van der Waals surface area contributed by atoms with Crippen LogP contribution in [-0.4, -0.2) is 10.2 Å². The first-order chi connectivity index (χ1) is 10.7. The number of aromatic nitrogens is 2. The summed E-state index contributed by atoms with van der Waals surface area (Å²) in [6, 6.07) is 16.6. The van der Waals surface area contributed by atoms with Crippen LogP contribution in [-0.2, 0) is 12.2 Å². The maximum Gasteiger partial charge on any atom is 0.276 e. The molecule has 2 aromatic carbocycles. The predicted octanol–water partition coefficient (Wildman–Crippen LogP) is 5.32. The number of rotatable bonds is 5. The molecule has 6 heteroatoms. The molecule has 0 fully saturated rings. The topological polar surface area (TPSA) is 38.9 Å². The Hall–Kier alpha value is -0.860. The van der Waals surface area contributed by atoms with Gasteiger partial charge in [0.2, 0.25) is 5.89 Å². The lowest BCUT2D eigenvalue weighted by atomic mass is 10.2. The van der Waals surface area contributed by atoms with Crippen molar-refractivity contribution in [2.75, 3.05) is 0 Å². The van der Waals surface area contributed by atoms with Crippen LogP contribution < -0.4 is 0 Å². The van der Waals surface area contributed by atoms with Crippen LogP contribution in [0.2, 0.25) is 0 Å². The molecule has 0 saturated heterocycles. The van der Waals surface area contributed by atoms with E-state index in [0.717, 1.165) is 15.8 Å². The van der Waals surface area contributed by atoms with E-state index < -0.39 is 0 Å². The van der Waals surface area contributed by atoms with E-state index in [1.54, 1.807) is 11.8 Å². The fraction of sp³-hybridized carbons (Fsp3) is 0.125. The Labute approximate surface area is 155 Å². The first-order valence-electron chi connectivity index (χ1n) is 6.63. The van der Waals surface area contributed by atoms with Crippen LogP contribution in [0.25, 0.3) is 0 Å². The van der Waals surface area contributed by atoms with Gasteiger partial charge < -0.3 is 4.42 Å². The monoisotopic (exact) mass is 486 g/mol. The highest BCUT2D eigenvalue weighted by Crippen LogP contribution is 2.23. The van der Waals surface area contributed by atoms with Crippen LogP contribution in [0.1, 0.15) is 17.0 Å². The molecule has 0 bridgehead atoms. The molecular weight excluding hydrogens is 475 g/mol. The molecule has 0 saturated carbocycles. The Bertz CT molecular complexity index is 744. The zero-order valence-corrected chi connectivity index (χ0v) is 16.1. The fourth-order valence-electron chi connectivity index (χ4n) is 1.87. The summed E-state index contributed by atoms with van der Waals surface area (Å²) in [4.78, 5) is 0. The molecule has 0 atom stereocenters. The van der Waals surface area contributed by atoms with Crippen molar-refractivity contribution < 1.29 is 4.42 Å². The van der Waals surface area contributed by atoms with Gasteiger partial charge in [0, 0.05) is 13.8 Å². The van der Waals surface area contributed by atoms with Crippen LogP contribution >= 0.6 is 50.3 Å². The predicted molar refractivity (Wildman–Crippen MR) is 100.0 cm³/mol. The third kappa shape index (κ3) is 4.57. The number of hydrogen-bond donors (Lipinski definition) is 0. The van der Waals surface area contributed by atoms with Gasteiger partial charge in [0.25, 0.3) is 5.22 Å². The second-order valence-corrected chi connectivity index (χ2v) is 7.77. The van der Waals surface area contributed by atoms with Crippen LogP contribution in [0.5, 0.6) is 0 Å². The lowest BCUT2D eigenvalue weighted by Gasteiger charge is -1.98. The number of nitrogens with zero attached hydrogens (tertiary/aromatic N) is 2. The Morgan fingerprint density at radius 3 is 2.36 bits per heavy atom. The molecule has 0 aliphatic rings. The van der Waals surface area contributed by atoms with Crippen LogP contribution in [0.3, 0.4) is 0 Å². The minimum Gasteiger partial charge on any atom is -0.416 e. The number of thioether (sulfide) groups is 1. The van der Waals surface area contributed by atoms with Gasteiger partial charge in [-0.15, -0.1) is 10.2 Å². The second-order valence-electron chi connectivity index (χ2n) is 4.68. The zero-order chi connectivity index (χ0) is 15.4. The molecule has 22 heavy (non-hydrogen) atoms. The average molecular weight is 487 g/mol. The van der Waals surface area contributed by atoms with E-state index in [0.29, 0.717) is 17.5 Å². The van der Waals surface area contributed by atoms with Gasteiger partial charge in [0.05, 0.1) is 6.42 Å². The molecule has 0 radical (unpaired) electrons. The minimum atomic E-state index is 0.616. The molecule has 0 amide bonds. The maximum atomic E-state index is 5.69. The van der Waals surface area contributed by atoms with Gasteiger partial charge in [-0.05, 0) is 58.0 Å². The van der Waals surface area contributed by atoms with Crippen molar-refractivity contribution in [1.29, 1.82) is 0 Å². The summed E-state index contributed by atoms with van der Waals surface area (Å²) in [6.45, 7) is 0. The molecule has 3 rings (SSSR count). The van der Waals surface area contributed by atoms with Gasteiger partial charge in [0.15, 0.2) is 0 Å². The maximum absolute atomic E-state index is 5.69. The summed E-state index contributed by atoms with van der Waals surface area (Å²) in [5, 5.41) is 8.82. The normalized spacial score (nSPS) is 10.8. The van der Waals surface area contributed by atoms with Gasteiger partial charge in [-0.2, -0.15) is 0 Å². The van der Waals surface area contributed by atoms with Crippen molar-refractivity contribution in [3.8, 4) is 0 Å². The van der Waals surface area contributed by atoms with Crippen molar-refractivity contribution in [3.05, 3.63) is 73.6 Å². The number of hydrogen-bond acceptors (Lipinski definition) is 4. The Balaban J connectivity index is 1.59. The highest BCUT2D eigenvalue weighted by molar-refractivity contribution is 14.1. The standard InChI is InChI=1S/C16H12BrIN2OS/c17-13-5-1-11(2-6-13)9-15-19-20-16(21-15)22-10-12-3-7-14(18)8-4-12/h1-8H,9-10H2. The third-order valence-corrected chi connectivity index (χ3v) is 5.13. The largest absolute Gasteiger partial charge is 0.416 e. The van der Waals surface area contributed by atoms with Gasteiger partial charge in [-0.3, -0.25) is 0 Å². The molecule has 0 aliphatic heterocycles. The van der Waals surface area contributed by atoms with Crippen molar-refractivity contribution in [2.24, 2.45) is 0 Å². The van der Waals surface area contributed by atoms with E-state index in [1.165, 1.54) is 9.13 Å². The zero-order valence-electron chi connectivity index (χ0n) is 11.5. The summed E-state index contributed by atoms with van der Waals surface area (Å²) >= 11 is 7.29. The SMILES string of the molecule is Brc1ccc(Cc2nnc(SCc3ccc(I)cc3)o2)cc1. The molecule has 1 heterocycles. The summed E-state index contributed by atoms with van der Waals surface area (Å²) in [6.07, 6.45) is 0.657. The van der Waals surface area contributed by atoms with E-state index >= 15 is 0 Å². The molecule has 0 N–H and O–H groups in total. The fourth-order valence-corrected chi connectivity index (χ4v) is 3.23. The minimum absolute atomic E-state index is 0.616. The van der Waals surface area contributed by atoms with Gasteiger partial charge in [0.1, 0.15) is 0 Å². The van der Waals surface area contributed by atoms with Crippen molar-refractivity contribution in [3.63, 3.8) is 0 Å². The summed E-state index contributed by atoms with van der Waals surface area (Å²) in [5.41, 5.74) is 2.40. The molecule has 3 nitrogen and oxygen atoms in total. The lowest BCUT2D eigenvalue weighted by Crippen LogP contribution is -1.87. The van der Waals surface area contributed by atoms with Crippen LogP contribution in [0.15, 0.2) is 62.6 Å². The second kappa shape index (κ2) is 7.61. The van der Waals surface area contributed by atoms with Crippen molar-refractivity contribution in [2.45, 2.75) is 17.4 Å². The molecule has 0 spiro atoms. The van der Waals surface area contributed by atoms with E-state index in [2.05, 4.69) is 73.0 Å². The molecule has 1 aromatic heterocycles. The van der Waals surface area contributed by atoms with Gasteiger partial charge in [-0.25, -0.2) is 0 Å². The van der Waals surface area contributed by atoms with E-state index in [-0.39, 0.29) is 0 Å². The van der Waals surface area contributed by atoms with E-state index in [9.17, 15) is 0 Å². The summed E-state index contributed by atoms with van der Waals surface area (Å²) in [7, 11) is 0. The number of halogens is 2. The molecule has 3 aromatic rings. The summed E-state index contributed by atoms with van der Waals surface area (Å²) < 4.78 is 7.99. The molecule has 0 aliphatic carbocycles. The van der Waals surface area contributed by atoms with E-state index in [1.807, 2.05) is 24.3 Å². The summed E-state index contributed by atoms with van der Waals surface area (Å²) in [5.74, 6) is 1.48. The smallest absolute Gasteiger partial charge is 0.276 e. The highest BCUT2D eigenvalue weighted by atomic mass is 127. The number of benzene rings is 2. The third-order valence-electron chi connectivity index (χ3n) is 2.99.